The SMILES string of the molecule is [N-]=C1C=C[O+]=C1. The molecule has 2 heteroatoms. The lowest BCUT2D eigenvalue weighted by molar-refractivity contribution is -0.361. The molecule has 1 heterocycles. The fraction of sp³-hybridized carbons (Fsp3) is 0. The molecule has 0 bridgehead atoms. The molecule has 6 heavy (non-hydrogen) atoms. The van der Waals surface area contributed by atoms with Gasteiger partial charge in [-0.2, -0.15) is 0 Å². The summed E-state index contributed by atoms with van der Waals surface area (Å²) in [6, 6.07) is 0. The molecule has 1 rings (SSSR count). The summed E-state index contributed by atoms with van der Waals surface area (Å²) in [5.74, 6) is 0. The van der Waals surface area contributed by atoms with Crippen LogP contribution >= 0.6 is 0 Å². The minimum atomic E-state index is 0.176. The molecule has 30 valence electrons. The van der Waals surface area contributed by atoms with E-state index in [1.807, 2.05) is 0 Å². The highest BCUT2D eigenvalue weighted by atomic mass is 16.4. The smallest absolute Gasteiger partial charge is 0.316 e. The van der Waals surface area contributed by atoms with Gasteiger partial charge in [0.15, 0.2) is 0 Å². The van der Waals surface area contributed by atoms with Gasteiger partial charge in [0.1, 0.15) is 0 Å². The van der Waals surface area contributed by atoms with Gasteiger partial charge in [0, 0.05) is 6.08 Å². The highest BCUT2D eigenvalue weighted by Gasteiger charge is 1.90. The van der Waals surface area contributed by atoms with Crippen LogP contribution in [-0.4, -0.2) is 12.0 Å². The van der Waals surface area contributed by atoms with Gasteiger partial charge in [-0.05, 0) is 5.71 Å². The van der Waals surface area contributed by atoms with Crippen LogP contribution in [0.15, 0.2) is 12.3 Å². The van der Waals surface area contributed by atoms with Crippen LogP contribution in [0.3, 0.4) is 0 Å². The third-order valence-electron chi connectivity index (χ3n) is 0.506. The van der Waals surface area contributed by atoms with Crippen molar-refractivity contribution in [3.8, 4) is 0 Å². The van der Waals surface area contributed by atoms with Gasteiger partial charge in [-0.25, -0.2) is 4.42 Å². The van der Waals surface area contributed by atoms with Crippen molar-refractivity contribution < 1.29 is 4.42 Å². The molecule has 0 unspecified atom stereocenters. The molecule has 0 N–H and O–H groups in total. The fourth-order valence-electron chi connectivity index (χ4n) is 0.257. The summed E-state index contributed by atoms with van der Waals surface area (Å²) >= 11 is 0. The first kappa shape index (κ1) is 3.28. The molecule has 0 aliphatic carbocycles. The molecule has 0 saturated carbocycles. The third-order valence-corrected chi connectivity index (χ3v) is 0.506. The summed E-state index contributed by atoms with van der Waals surface area (Å²) in [6.07, 6.45) is 4.15. The summed E-state index contributed by atoms with van der Waals surface area (Å²) in [5, 5.41) is 8.38. The summed E-state index contributed by atoms with van der Waals surface area (Å²) in [6.45, 7) is 0. The maximum Gasteiger partial charge on any atom is 0.316 e. The molecular formula is C4H3NO. The lowest BCUT2D eigenvalue weighted by atomic mass is 10.4. The summed E-state index contributed by atoms with van der Waals surface area (Å²) < 4.78 is 4.46. The van der Waals surface area contributed by atoms with Crippen LogP contribution in [0.5, 0.6) is 0 Å². The molecule has 0 aromatic heterocycles. The van der Waals surface area contributed by atoms with Crippen molar-refractivity contribution in [2.24, 2.45) is 0 Å². The van der Waals surface area contributed by atoms with Crippen molar-refractivity contribution >= 4 is 12.0 Å². The number of aldehydes is 1. The quantitative estimate of drug-likeness (QED) is 0.296. The maximum atomic E-state index is 8.38. The number of allylic oxidation sites excluding steroid dienone is 1. The third kappa shape index (κ3) is 0.360. The van der Waals surface area contributed by atoms with E-state index in [1.165, 1.54) is 18.6 Å². The number of carbonyl (C=O) groups excluding carboxylic acids is 1. The van der Waals surface area contributed by atoms with E-state index >= 15 is 0 Å². The van der Waals surface area contributed by atoms with E-state index in [2.05, 4.69) is 4.42 Å². The van der Waals surface area contributed by atoms with E-state index in [4.69, 9.17) is 5.41 Å². The first-order valence-electron chi connectivity index (χ1n) is 1.61. The van der Waals surface area contributed by atoms with E-state index in [0.717, 1.165) is 0 Å². The maximum absolute atomic E-state index is 8.38. The zero-order chi connectivity index (χ0) is 4.41. The van der Waals surface area contributed by atoms with Gasteiger partial charge in [-0.1, -0.05) is 0 Å². The van der Waals surface area contributed by atoms with Gasteiger partial charge in [0.05, 0.1) is 0 Å². The summed E-state index contributed by atoms with van der Waals surface area (Å²) in [5.41, 5.74) is 0.176. The minimum Gasteiger partial charge on any atom is -0.796 e. The molecule has 0 atom stereocenters. The minimum absolute atomic E-state index is 0.176. The molecule has 0 fully saturated rings. The van der Waals surface area contributed by atoms with Gasteiger partial charge >= 0.3 is 12.5 Å². The average molecular weight is 81.1 g/mol. The Balaban J connectivity index is 2.86. The predicted molar refractivity (Wildman–Crippen MR) is 23.6 cm³/mol. The Kier molecular flexibility index (Phi) is 0.572. The Morgan fingerprint density at radius 3 is 2.67 bits per heavy atom. The first-order chi connectivity index (χ1) is 2.89. The van der Waals surface area contributed by atoms with Gasteiger partial charge in [0.25, 0.3) is 0 Å². The summed E-state index contributed by atoms with van der Waals surface area (Å²) in [7, 11) is 0. The average Bonchev–Trinajstić information content (AvgIpc) is 1.86. The number of nitrogens with zero attached hydrogens (tertiary/aromatic N) is 1. The zero-order valence-corrected chi connectivity index (χ0v) is 3.09. The second kappa shape index (κ2) is 1.05. The van der Waals surface area contributed by atoms with Crippen LogP contribution in [0.4, 0.5) is 0 Å². The van der Waals surface area contributed by atoms with Crippen molar-refractivity contribution in [3.05, 3.63) is 17.7 Å². The molecule has 1 aliphatic rings. The van der Waals surface area contributed by atoms with E-state index in [9.17, 15) is 0 Å². The van der Waals surface area contributed by atoms with Crippen LogP contribution in [0.25, 0.3) is 5.41 Å². The highest BCUT2D eigenvalue weighted by molar-refractivity contribution is 6.36. The van der Waals surface area contributed by atoms with Gasteiger partial charge in [-0.15, -0.1) is 0 Å². The van der Waals surface area contributed by atoms with Crippen LogP contribution in [0.1, 0.15) is 0 Å². The Hall–Kier alpha value is -0.920. The second-order valence-corrected chi connectivity index (χ2v) is 0.982. The van der Waals surface area contributed by atoms with E-state index < -0.39 is 0 Å². The lowest BCUT2D eigenvalue weighted by Crippen LogP contribution is -1.82. The van der Waals surface area contributed by atoms with Gasteiger partial charge < -0.3 is 5.41 Å². The van der Waals surface area contributed by atoms with Crippen molar-refractivity contribution in [1.29, 1.82) is 0 Å². The molecule has 0 amide bonds. The van der Waals surface area contributed by atoms with E-state index in [-0.39, 0.29) is 5.71 Å². The van der Waals surface area contributed by atoms with Crippen molar-refractivity contribution in [1.82, 2.24) is 0 Å². The molecule has 0 saturated heterocycles. The Morgan fingerprint density at radius 2 is 2.50 bits per heavy atom. The lowest BCUT2D eigenvalue weighted by Gasteiger charge is -1.74. The topological polar surface area (TPSA) is 33.6 Å². The molecule has 1 aliphatic heterocycles. The van der Waals surface area contributed by atoms with Crippen molar-refractivity contribution in [2.75, 3.05) is 0 Å². The number of hydrogen-bond acceptors (Lipinski definition) is 0. The highest BCUT2D eigenvalue weighted by Crippen LogP contribution is 1.79. The van der Waals surface area contributed by atoms with Crippen LogP contribution in [0.2, 0.25) is 0 Å². The summed E-state index contributed by atoms with van der Waals surface area (Å²) in [4.78, 5) is 0. The molecular weight excluding hydrogens is 78.0 g/mol. The van der Waals surface area contributed by atoms with Gasteiger partial charge in [-0.3, -0.25) is 0 Å². The Labute approximate surface area is 35.3 Å². The van der Waals surface area contributed by atoms with Gasteiger partial charge in [0.2, 0.25) is 0 Å². The normalized spacial score (nSPS) is 17.0. The monoisotopic (exact) mass is 81.0 g/mol. The van der Waals surface area contributed by atoms with Crippen LogP contribution in [0, 0.1) is 0 Å². The number of rotatable bonds is 0. The largest absolute Gasteiger partial charge is 0.796 e. The Bertz CT molecular complexity index is 110. The number of hydrogen-bond donors (Lipinski definition) is 0. The van der Waals surface area contributed by atoms with E-state index in [1.54, 1.807) is 0 Å². The first-order valence-corrected chi connectivity index (χ1v) is 1.61. The van der Waals surface area contributed by atoms with E-state index in [0.29, 0.717) is 0 Å². The standard InChI is InChI=1S/C4H3NO/c5-4-1-2-6-3-4/h1-3H. The predicted octanol–water partition coefficient (Wildman–Crippen LogP) is 0.259. The second-order valence-electron chi connectivity index (χ2n) is 0.982. The molecule has 0 radical (unpaired) electrons. The molecule has 0 aromatic rings. The molecule has 0 aromatic carbocycles. The van der Waals surface area contributed by atoms with Crippen LogP contribution < -0.4 is 0 Å². The zero-order valence-electron chi connectivity index (χ0n) is 3.09. The van der Waals surface area contributed by atoms with Crippen LogP contribution in [-0.2, 0) is 4.42 Å². The molecule has 2 nitrogen and oxygen atoms in total. The fourth-order valence-corrected chi connectivity index (χ4v) is 0.257. The molecule has 0 spiro atoms. The van der Waals surface area contributed by atoms with Crippen molar-refractivity contribution in [2.45, 2.75) is 0 Å². The Morgan fingerprint density at radius 1 is 1.67 bits per heavy atom. The van der Waals surface area contributed by atoms with Crippen molar-refractivity contribution in [3.63, 3.8) is 0 Å².